The van der Waals surface area contributed by atoms with Crippen LogP contribution in [0.25, 0.3) is 0 Å². The van der Waals surface area contributed by atoms with Gasteiger partial charge in [0.05, 0.1) is 5.56 Å². The molecule has 1 heterocycles. The van der Waals surface area contributed by atoms with Crippen LogP contribution in [-0.4, -0.2) is 24.3 Å². The maximum atomic E-state index is 12.5. The lowest BCUT2D eigenvalue weighted by molar-refractivity contribution is -0.143. The third-order valence-corrected chi connectivity index (χ3v) is 5.44. The summed E-state index contributed by atoms with van der Waals surface area (Å²) in [7, 11) is 0. The lowest BCUT2D eigenvalue weighted by Gasteiger charge is -2.09. The molecule has 3 aromatic rings. The molecule has 0 atom stereocenters. The van der Waals surface area contributed by atoms with Crippen LogP contribution in [-0.2, 0) is 16.1 Å². The molecule has 0 aliphatic carbocycles. The molecule has 0 fully saturated rings. The van der Waals surface area contributed by atoms with Crippen molar-refractivity contribution < 1.29 is 19.1 Å². The summed E-state index contributed by atoms with van der Waals surface area (Å²) in [6.07, 6.45) is 0. The second-order valence-electron chi connectivity index (χ2n) is 7.22. The minimum absolute atomic E-state index is 0.144. The van der Waals surface area contributed by atoms with Crippen molar-refractivity contribution >= 4 is 34.1 Å². The van der Waals surface area contributed by atoms with Gasteiger partial charge in [0, 0.05) is 5.56 Å². The van der Waals surface area contributed by atoms with E-state index in [0.717, 1.165) is 11.1 Å². The number of hydrogen-bond donors (Lipinski definition) is 2. The number of thiophene rings is 1. The molecule has 2 aromatic carbocycles. The number of rotatable bonds is 8. The van der Waals surface area contributed by atoms with Gasteiger partial charge in [-0.1, -0.05) is 56.3 Å². The van der Waals surface area contributed by atoms with Crippen LogP contribution in [0.3, 0.4) is 0 Å². The molecule has 6 nitrogen and oxygen atoms in total. The number of esters is 1. The number of carbonyl (C=O) groups is 3. The zero-order chi connectivity index (χ0) is 22.2. The van der Waals surface area contributed by atoms with Crippen LogP contribution in [0.5, 0.6) is 0 Å². The van der Waals surface area contributed by atoms with E-state index >= 15 is 0 Å². The fourth-order valence-corrected chi connectivity index (χ4v) is 3.60. The molecule has 0 unspecified atom stereocenters. The highest BCUT2D eigenvalue weighted by atomic mass is 32.1. The van der Waals surface area contributed by atoms with Crippen molar-refractivity contribution in [3.05, 3.63) is 88.3 Å². The molecule has 0 saturated heterocycles. The number of carbonyl (C=O) groups excluding carboxylic acids is 3. The molecule has 7 heteroatoms. The zero-order valence-electron chi connectivity index (χ0n) is 17.4. The maximum absolute atomic E-state index is 12.5. The molecule has 0 spiro atoms. The smallest absolute Gasteiger partial charge is 0.325 e. The SMILES string of the molecule is CC(C)c1ccc(C(=O)Nc2sccc2C(=O)NCC(=O)OCc2ccccc2)cc1. The van der Waals surface area contributed by atoms with Crippen molar-refractivity contribution in [2.75, 3.05) is 11.9 Å². The largest absolute Gasteiger partial charge is 0.460 e. The Balaban J connectivity index is 1.53. The van der Waals surface area contributed by atoms with Gasteiger partial charge in [0.2, 0.25) is 0 Å². The Kier molecular flexibility index (Phi) is 7.56. The van der Waals surface area contributed by atoms with Crippen LogP contribution >= 0.6 is 11.3 Å². The first-order valence-corrected chi connectivity index (χ1v) is 10.8. The summed E-state index contributed by atoms with van der Waals surface area (Å²) in [6.45, 7) is 4.06. The molecular formula is C24H24N2O4S. The van der Waals surface area contributed by atoms with E-state index in [0.29, 0.717) is 22.0 Å². The Morgan fingerprint density at radius 1 is 0.935 bits per heavy atom. The van der Waals surface area contributed by atoms with E-state index in [4.69, 9.17) is 4.74 Å². The van der Waals surface area contributed by atoms with E-state index in [9.17, 15) is 14.4 Å². The Morgan fingerprint density at radius 3 is 2.32 bits per heavy atom. The van der Waals surface area contributed by atoms with E-state index in [2.05, 4.69) is 24.5 Å². The summed E-state index contributed by atoms with van der Waals surface area (Å²) in [5.74, 6) is -0.912. The minimum Gasteiger partial charge on any atom is -0.460 e. The third-order valence-electron chi connectivity index (χ3n) is 4.61. The topological polar surface area (TPSA) is 84.5 Å². The van der Waals surface area contributed by atoms with Gasteiger partial charge in [-0.15, -0.1) is 11.3 Å². The summed E-state index contributed by atoms with van der Waals surface area (Å²) < 4.78 is 5.15. The number of ether oxygens (including phenoxy) is 1. The first kappa shape index (κ1) is 22.2. The number of amides is 2. The number of hydrogen-bond acceptors (Lipinski definition) is 5. The highest BCUT2D eigenvalue weighted by Crippen LogP contribution is 2.24. The Hall–Kier alpha value is -3.45. The fraction of sp³-hybridized carbons (Fsp3) is 0.208. The number of anilines is 1. The van der Waals surface area contributed by atoms with Crippen molar-refractivity contribution in [1.82, 2.24) is 5.32 Å². The average molecular weight is 437 g/mol. The standard InChI is InChI=1S/C24H24N2O4S/c1-16(2)18-8-10-19(11-9-18)22(28)26-24-20(12-13-31-24)23(29)25-14-21(27)30-15-17-6-4-3-5-7-17/h3-13,16H,14-15H2,1-2H3,(H,25,29)(H,26,28). The molecule has 2 amide bonds. The minimum atomic E-state index is -0.539. The predicted molar refractivity (Wildman–Crippen MR) is 121 cm³/mol. The zero-order valence-corrected chi connectivity index (χ0v) is 18.2. The van der Waals surface area contributed by atoms with E-state index in [1.807, 2.05) is 42.5 Å². The highest BCUT2D eigenvalue weighted by Gasteiger charge is 2.17. The van der Waals surface area contributed by atoms with Crippen molar-refractivity contribution in [2.24, 2.45) is 0 Å². The Morgan fingerprint density at radius 2 is 1.65 bits per heavy atom. The van der Waals surface area contributed by atoms with Crippen molar-refractivity contribution in [3.63, 3.8) is 0 Å². The van der Waals surface area contributed by atoms with Gasteiger partial charge in [0.1, 0.15) is 18.2 Å². The third kappa shape index (κ3) is 6.26. The van der Waals surface area contributed by atoms with Gasteiger partial charge >= 0.3 is 5.97 Å². The van der Waals surface area contributed by atoms with Gasteiger partial charge in [-0.2, -0.15) is 0 Å². The summed E-state index contributed by atoms with van der Waals surface area (Å²) in [6, 6.07) is 18.3. The lowest BCUT2D eigenvalue weighted by Crippen LogP contribution is -2.31. The first-order valence-electron chi connectivity index (χ1n) is 9.90. The van der Waals surface area contributed by atoms with E-state index in [-0.39, 0.29) is 19.1 Å². The van der Waals surface area contributed by atoms with Gasteiger partial charge in [0.25, 0.3) is 11.8 Å². The van der Waals surface area contributed by atoms with E-state index in [1.54, 1.807) is 23.6 Å². The molecule has 0 aliphatic heterocycles. The van der Waals surface area contributed by atoms with Crippen molar-refractivity contribution in [1.29, 1.82) is 0 Å². The molecule has 0 bridgehead atoms. The molecule has 0 radical (unpaired) electrons. The summed E-state index contributed by atoms with van der Waals surface area (Å²) >= 11 is 1.24. The second kappa shape index (κ2) is 10.5. The van der Waals surface area contributed by atoms with Gasteiger partial charge in [-0.05, 0) is 40.6 Å². The fourth-order valence-electron chi connectivity index (χ4n) is 2.82. The van der Waals surface area contributed by atoms with E-state index in [1.165, 1.54) is 11.3 Å². The predicted octanol–water partition coefficient (Wildman–Crippen LogP) is 4.60. The second-order valence-corrected chi connectivity index (χ2v) is 8.14. The molecule has 31 heavy (non-hydrogen) atoms. The molecule has 0 aliphatic rings. The lowest BCUT2D eigenvalue weighted by atomic mass is 10.0. The van der Waals surface area contributed by atoms with Gasteiger partial charge in [0.15, 0.2) is 0 Å². The first-order chi connectivity index (χ1) is 14.9. The van der Waals surface area contributed by atoms with Gasteiger partial charge in [-0.25, -0.2) is 0 Å². The van der Waals surface area contributed by atoms with Crippen LogP contribution < -0.4 is 10.6 Å². The quantitative estimate of drug-likeness (QED) is 0.506. The van der Waals surface area contributed by atoms with E-state index < -0.39 is 11.9 Å². The Bertz CT molecular complexity index is 1040. The van der Waals surface area contributed by atoms with Gasteiger partial charge in [-0.3, -0.25) is 14.4 Å². The van der Waals surface area contributed by atoms with Crippen LogP contribution in [0.4, 0.5) is 5.00 Å². The molecular weight excluding hydrogens is 412 g/mol. The molecule has 3 rings (SSSR count). The number of nitrogens with one attached hydrogen (secondary N) is 2. The highest BCUT2D eigenvalue weighted by molar-refractivity contribution is 7.14. The Labute approximate surface area is 185 Å². The van der Waals surface area contributed by atoms with Crippen LogP contribution in [0, 0.1) is 0 Å². The number of benzene rings is 2. The summed E-state index contributed by atoms with van der Waals surface area (Å²) in [5, 5.41) is 7.44. The monoisotopic (exact) mass is 436 g/mol. The van der Waals surface area contributed by atoms with Gasteiger partial charge < -0.3 is 15.4 Å². The van der Waals surface area contributed by atoms with Crippen LogP contribution in [0.1, 0.15) is 51.6 Å². The molecule has 1 aromatic heterocycles. The van der Waals surface area contributed by atoms with Crippen LogP contribution in [0.15, 0.2) is 66.0 Å². The average Bonchev–Trinajstić information content (AvgIpc) is 3.25. The molecule has 0 saturated carbocycles. The molecule has 160 valence electrons. The maximum Gasteiger partial charge on any atom is 0.325 e. The summed E-state index contributed by atoms with van der Waals surface area (Å²) in [4.78, 5) is 36.9. The normalized spacial score (nSPS) is 10.5. The summed E-state index contributed by atoms with van der Waals surface area (Å²) in [5.41, 5.74) is 2.82. The van der Waals surface area contributed by atoms with Crippen molar-refractivity contribution in [2.45, 2.75) is 26.4 Å². The molecule has 2 N–H and O–H groups in total. The van der Waals surface area contributed by atoms with Crippen LogP contribution in [0.2, 0.25) is 0 Å². The van der Waals surface area contributed by atoms with Crippen molar-refractivity contribution in [3.8, 4) is 0 Å².